The van der Waals surface area contributed by atoms with E-state index in [2.05, 4.69) is 4.98 Å². The molecular weight excluding hydrogens is 302 g/mol. The van der Waals surface area contributed by atoms with Crippen molar-refractivity contribution in [2.24, 2.45) is 0 Å². The quantitative estimate of drug-likeness (QED) is 0.757. The van der Waals surface area contributed by atoms with E-state index in [1.165, 1.54) is 6.20 Å². The molecule has 6 heteroatoms. The van der Waals surface area contributed by atoms with Gasteiger partial charge in [-0.2, -0.15) is 0 Å². The molecule has 2 N–H and O–H groups in total. The van der Waals surface area contributed by atoms with Gasteiger partial charge in [0.15, 0.2) is 0 Å². The summed E-state index contributed by atoms with van der Waals surface area (Å²) in [6.45, 7) is 0. The third-order valence-electron chi connectivity index (χ3n) is 2.26. The van der Waals surface area contributed by atoms with E-state index in [0.29, 0.717) is 31.9 Å². The van der Waals surface area contributed by atoms with Crippen LogP contribution in [0.15, 0.2) is 24.5 Å². The molecule has 0 atom stereocenters. The summed E-state index contributed by atoms with van der Waals surface area (Å²) in [6.07, 6.45) is 3.04. The largest absolute Gasteiger partial charge is 0.397 e. The van der Waals surface area contributed by atoms with Gasteiger partial charge in [-0.15, -0.1) is 0 Å². The minimum absolute atomic E-state index is 0.283. The molecule has 0 spiro atoms. The van der Waals surface area contributed by atoms with Crippen molar-refractivity contribution in [1.29, 1.82) is 0 Å². The van der Waals surface area contributed by atoms with Gasteiger partial charge in [-0.05, 0) is 6.07 Å². The van der Waals surface area contributed by atoms with Gasteiger partial charge in [0, 0.05) is 23.5 Å². The molecule has 0 saturated heterocycles. The molecule has 0 bridgehead atoms. The van der Waals surface area contributed by atoms with Gasteiger partial charge in [-0.25, -0.2) is 0 Å². The Morgan fingerprint density at radius 3 is 2.24 bits per heavy atom. The summed E-state index contributed by atoms with van der Waals surface area (Å²) in [6, 6.07) is 3.37. The second-order valence-corrected chi connectivity index (χ2v) is 4.88. The lowest BCUT2D eigenvalue weighted by atomic mass is 10.1. The van der Waals surface area contributed by atoms with Gasteiger partial charge in [0.05, 0.1) is 25.8 Å². The number of hydrogen-bond donors (Lipinski definition) is 1. The van der Waals surface area contributed by atoms with E-state index in [1.807, 2.05) is 0 Å². The van der Waals surface area contributed by atoms with E-state index in [1.54, 1.807) is 18.3 Å². The lowest BCUT2D eigenvalue weighted by molar-refractivity contribution is 1.33. The van der Waals surface area contributed by atoms with Crippen LogP contribution in [0, 0.1) is 0 Å². The van der Waals surface area contributed by atoms with E-state index >= 15 is 0 Å². The lowest BCUT2D eigenvalue weighted by Gasteiger charge is -2.10. The van der Waals surface area contributed by atoms with Gasteiger partial charge in [0.1, 0.15) is 0 Å². The Morgan fingerprint density at radius 1 is 0.824 bits per heavy atom. The van der Waals surface area contributed by atoms with Crippen LogP contribution >= 0.6 is 46.4 Å². The first-order valence-corrected chi connectivity index (χ1v) is 6.06. The van der Waals surface area contributed by atoms with Crippen LogP contribution in [0.25, 0.3) is 11.1 Å². The molecule has 2 nitrogen and oxygen atoms in total. The van der Waals surface area contributed by atoms with Gasteiger partial charge in [-0.1, -0.05) is 52.5 Å². The Labute approximate surface area is 118 Å². The molecule has 0 aliphatic heterocycles. The van der Waals surface area contributed by atoms with Gasteiger partial charge < -0.3 is 5.73 Å². The zero-order chi connectivity index (χ0) is 12.6. The Bertz CT molecular complexity index is 584. The molecule has 0 fully saturated rings. The lowest BCUT2D eigenvalue weighted by Crippen LogP contribution is -1.93. The molecule has 0 aliphatic rings. The molecule has 88 valence electrons. The summed E-state index contributed by atoms with van der Waals surface area (Å²) in [5.41, 5.74) is 7.54. The fourth-order valence-corrected chi connectivity index (χ4v) is 2.19. The first-order valence-electron chi connectivity index (χ1n) is 4.55. The second kappa shape index (κ2) is 4.91. The number of nitrogen functional groups attached to an aromatic ring is 1. The van der Waals surface area contributed by atoms with Gasteiger partial charge >= 0.3 is 0 Å². The number of anilines is 1. The number of rotatable bonds is 1. The molecular formula is C11H6Cl4N2. The Kier molecular flexibility index (Phi) is 3.69. The molecule has 2 aromatic rings. The van der Waals surface area contributed by atoms with Crippen molar-refractivity contribution in [2.45, 2.75) is 0 Å². The molecule has 1 aromatic carbocycles. The van der Waals surface area contributed by atoms with Crippen LogP contribution in [0.3, 0.4) is 0 Å². The van der Waals surface area contributed by atoms with Crippen molar-refractivity contribution >= 4 is 52.1 Å². The third kappa shape index (κ3) is 2.31. The fraction of sp³-hybridized carbons (Fsp3) is 0. The Hall–Kier alpha value is -0.670. The smallest absolute Gasteiger partial charge is 0.0824 e. The van der Waals surface area contributed by atoms with Gasteiger partial charge in [-0.3, -0.25) is 4.98 Å². The topological polar surface area (TPSA) is 38.9 Å². The normalized spacial score (nSPS) is 10.6. The van der Waals surface area contributed by atoms with Crippen molar-refractivity contribution in [3.8, 4) is 11.1 Å². The van der Waals surface area contributed by atoms with Crippen molar-refractivity contribution < 1.29 is 0 Å². The first kappa shape index (κ1) is 12.8. The molecule has 0 saturated carbocycles. The maximum absolute atomic E-state index is 6.11. The van der Waals surface area contributed by atoms with Crippen LogP contribution in [-0.4, -0.2) is 4.98 Å². The SMILES string of the molecule is Nc1c(Cl)cncc1-c1ccc(Cl)c(Cl)c1Cl. The minimum Gasteiger partial charge on any atom is -0.397 e. The van der Waals surface area contributed by atoms with Crippen LogP contribution in [0.2, 0.25) is 20.1 Å². The number of benzene rings is 1. The molecule has 2 rings (SSSR count). The molecule has 1 aromatic heterocycles. The van der Waals surface area contributed by atoms with Crippen molar-refractivity contribution in [3.63, 3.8) is 0 Å². The highest BCUT2D eigenvalue weighted by Crippen LogP contribution is 2.40. The fourth-order valence-electron chi connectivity index (χ4n) is 1.39. The number of halogens is 4. The Morgan fingerprint density at radius 2 is 1.53 bits per heavy atom. The number of hydrogen-bond acceptors (Lipinski definition) is 2. The predicted octanol–water partition coefficient (Wildman–Crippen LogP) is 4.94. The monoisotopic (exact) mass is 306 g/mol. The summed E-state index contributed by atoms with van der Waals surface area (Å²) in [5.74, 6) is 0. The predicted molar refractivity (Wildman–Crippen MR) is 74.1 cm³/mol. The van der Waals surface area contributed by atoms with E-state index in [4.69, 9.17) is 52.1 Å². The maximum atomic E-state index is 6.11. The third-order valence-corrected chi connectivity index (χ3v) is 3.86. The molecule has 17 heavy (non-hydrogen) atoms. The minimum atomic E-state index is 0.283. The zero-order valence-corrected chi connectivity index (χ0v) is 11.4. The molecule has 1 heterocycles. The standard InChI is InChI=1S/C11H6Cl4N2/c12-7-2-1-5(9(14)10(7)15)6-3-17-4-8(13)11(6)16/h1-4H,(H2,16,17). The Balaban J connectivity index is 2.69. The second-order valence-electron chi connectivity index (χ2n) is 3.31. The number of nitrogens with two attached hydrogens (primary N) is 1. The van der Waals surface area contributed by atoms with Crippen LogP contribution in [-0.2, 0) is 0 Å². The van der Waals surface area contributed by atoms with E-state index in [-0.39, 0.29) is 5.02 Å². The summed E-state index contributed by atoms with van der Waals surface area (Å²) < 4.78 is 0. The maximum Gasteiger partial charge on any atom is 0.0824 e. The summed E-state index contributed by atoms with van der Waals surface area (Å²) in [5, 5.41) is 1.36. The van der Waals surface area contributed by atoms with Crippen molar-refractivity contribution in [2.75, 3.05) is 5.73 Å². The highest BCUT2D eigenvalue weighted by molar-refractivity contribution is 6.49. The average Bonchev–Trinajstić information content (AvgIpc) is 2.31. The number of pyridine rings is 1. The zero-order valence-electron chi connectivity index (χ0n) is 8.35. The van der Waals surface area contributed by atoms with E-state index < -0.39 is 0 Å². The van der Waals surface area contributed by atoms with Gasteiger partial charge in [0.2, 0.25) is 0 Å². The molecule has 0 unspecified atom stereocenters. The summed E-state index contributed by atoms with van der Waals surface area (Å²) >= 11 is 23.8. The van der Waals surface area contributed by atoms with Crippen molar-refractivity contribution in [1.82, 2.24) is 4.98 Å². The highest BCUT2D eigenvalue weighted by atomic mass is 35.5. The van der Waals surface area contributed by atoms with Crippen LogP contribution in [0.4, 0.5) is 5.69 Å². The van der Waals surface area contributed by atoms with Gasteiger partial charge in [0.25, 0.3) is 0 Å². The van der Waals surface area contributed by atoms with E-state index in [9.17, 15) is 0 Å². The molecule has 0 radical (unpaired) electrons. The molecule has 0 aliphatic carbocycles. The molecule has 0 amide bonds. The average molecular weight is 308 g/mol. The summed E-state index contributed by atoms with van der Waals surface area (Å²) in [4.78, 5) is 3.97. The highest BCUT2D eigenvalue weighted by Gasteiger charge is 2.14. The number of nitrogens with zero attached hydrogens (tertiary/aromatic N) is 1. The van der Waals surface area contributed by atoms with Crippen LogP contribution in [0.1, 0.15) is 0 Å². The summed E-state index contributed by atoms with van der Waals surface area (Å²) in [7, 11) is 0. The number of aromatic nitrogens is 1. The van der Waals surface area contributed by atoms with Crippen molar-refractivity contribution in [3.05, 3.63) is 44.6 Å². The first-order chi connectivity index (χ1) is 8.02. The van der Waals surface area contributed by atoms with Crippen LogP contribution < -0.4 is 5.73 Å². The van der Waals surface area contributed by atoms with E-state index in [0.717, 1.165) is 0 Å². The van der Waals surface area contributed by atoms with Crippen LogP contribution in [0.5, 0.6) is 0 Å².